The van der Waals surface area contributed by atoms with E-state index in [0.29, 0.717) is 6.54 Å². The SMILES string of the molecule is CCC(C)NC(=O)CNCCN(C)CCOC. The molecule has 0 spiro atoms. The molecule has 0 aromatic carbocycles. The molecule has 0 aliphatic heterocycles. The van der Waals surface area contributed by atoms with Gasteiger partial charge in [0.05, 0.1) is 13.2 Å². The summed E-state index contributed by atoms with van der Waals surface area (Å²) < 4.78 is 4.99. The highest BCUT2D eigenvalue weighted by Gasteiger charge is 2.04. The largest absolute Gasteiger partial charge is 0.383 e. The predicted octanol–water partition coefficient (Wildman–Crippen LogP) is 0.0689. The molecule has 1 atom stereocenters. The summed E-state index contributed by atoms with van der Waals surface area (Å²) in [5.41, 5.74) is 0. The molecule has 0 aromatic rings. The molecule has 0 aliphatic rings. The van der Waals surface area contributed by atoms with E-state index in [1.165, 1.54) is 0 Å². The lowest BCUT2D eigenvalue weighted by molar-refractivity contribution is -0.120. The summed E-state index contributed by atoms with van der Waals surface area (Å²) >= 11 is 0. The molecule has 0 rings (SSSR count). The van der Waals surface area contributed by atoms with Crippen molar-refractivity contribution in [2.45, 2.75) is 26.3 Å². The summed E-state index contributed by atoms with van der Waals surface area (Å²) in [4.78, 5) is 13.6. The van der Waals surface area contributed by atoms with Crippen LogP contribution in [-0.2, 0) is 9.53 Å². The minimum atomic E-state index is 0.0684. The van der Waals surface area contributed by atoms with Gasteiger partial charge in [-0.3, -0.25) is 4.79 Å². The third-order valence-electron chi connectivity index (χ3n) is 2.65. The van der Waals surface area contributed by atoms with Gasteiger partial charge in [-0.2, -0.15) is 0 Å². The van der Waals surface area contributed by atoms with Crippen LogP contribution in [0.1, 0.15) is 20.3 Å². The van der Waals surface area contributed by atoms with E-state index in [-0.39, 0.29) is 11.9 Å². The van der Waals surface area contributed by atoms with E-state index in [9.17, 15) is 4.79 Å². The molecule has 102 valence electrons. The summed E-state index contributed by atoms with van der Waals surface area (Å²) in [6.07, 6.45) is 0.964. The number of ether oxygens (including phenoxy) is 1. The van der Waals surface area contributed by atoms with Gasteiger partial charge in [-0.15, -0.1) is 0 Å². The number of hydrogen-bond acceptors (Lipinski definition) is 4. The fourth-order valence-corrected chi connectivity index (χ4v) is 1.26. The standard InChI is InChI=1S/C12H27N3O2/c1-5-11(2)14-12(16)10-13-6-7-15(3)8-9-17-4/h11,13H,5-10H2,1-4H3,(H,14,16). The molecule has 0 saturated carbocycles. The molecule has 5 heteroatoms. The lowest BCUT2D eigenvalue weighted by Gasteiger charge is -2.16. The molecule has 0 aromatic heterocycles. The molecular weight excluding hydrogens is 218 g/mol. The Bertz CT molecular complexity index is 200. The second kappa shape index (κ2) is 10.5. The van der Waals surface area contributed by atoms with Crippen LogP contribution < -0.4 is 10.6 Å². The molecule has 17 heavy (non-hydrogen) atoms. The van der Waals surface area contributed by atoms with Gasteiger partial charge in [0.1, 0.15) is 0 Å². The zero-order valence-corrected chi connectivity index (χ0v) is 11.6. The molecule has 0 bridgehead atoms. The van der Waals surface area contributed by atoms with Gasteiger partial charge in [0.15, 0.2) is 0 Å². The normalized spacial score (nSPS) is 12.8. The quantitative estimate of drug-likeness (QED) is 0.535. The van der Waals surface area contributed by atoms with Gasteiger partial charge in [0.2, 0.25) is 5.91 Å². The first-order chi connectivity index (χ1) is 8.10. The number of likely N-dealkylation sites (N-methyl/N-ethyl adjacent to an activating group) is 1. The van der Waals surface area contributed by atoms with E-state index in [1.807, 2.05) is 14.0 Å². The van der Waals surface area contributed by atoms with Crippen molar-refractivity contribution in [1.29, 1.82) is 0 Å². The van der Waals surface area contributed by atoms with Gasteiger partial charge in [0.25, 0.3) is 0 Å². The molecule has 1 amide bonds. The number of carbonyl (C=O) groups excluding carboxylic acids is 1. The van der Waals surface area contributed by atoms with Crippen molar-refractivity contribution in [3.63, 3.8) is 0 Å². The highest BCUT2D eigenvalue weighted by atomic mass is 16.5. The molecule has 0 aliphatic carbocycles. The van der Waals surface area contributed by atoms with Crippen molar-refractivity contribution in [1.82, 2.24) is 15.5 Å². The first-order valence-corrected chi connectivity index (χ1v) is 6.27. The van der Waals surface area contributed by atoms with Crippen molar-refractivity contribution < 1.29 is 9.53 Å². The fourth-order valence-electron chi connectivity index (χ4n) is 1.26. The van der Waals surface area contributed by atoms with E-state index < -0.39 is 0 Å². The summed E-state index contributed by atoms with van der Waals surface area (Å²) in [5.74, 6) is 0.0684. The number of methoxy groups -OCH3 is 1. The maximum Gasteiger partial charge on any atom is 0.234 e. The van der Waals surface area contributed by atoms with Crippen LogP contribution in [0.4, 0.5) is 0 Å². The van der Waals surface area contributed by atoms with Crippen LogP contribution >= 0.6 is 0 Å². The van der Waals surface area contributed by atoms with E-state index in [2.05, 4.69) is 22.5 Å². The predicted molar refractivity (Wildman–Crippen MR) is 70.1 cm³/mol. The third kappa shape index (κ3) is 10.2. The monoisotopic (exact) mass is 245 g/mol. The Morgan fingerprint density at radius 3 is 2.71 bits per heavy atom. The highest BCUT2D eigenvalue weighted by Crippen LogP contribution is 1.86. The molecule has 0 radical (unpaired) electrons. The Hall–Kier alpha value is -0.650. The Balaban J connectivity index is 3.41. The van der Waals surface area contributed by atoms with E-state index in [4.69, 9.17) is 4.74 Å². The molecule has 0 heterocycles. The van der Waals surface area contributed by atoms with Crippen LogP contribution in [0, 0.1) is 0 Å². The van der Waals surface area contributed by atoms with Crippen molar-refractivity contribution in [2.75, 3.05) is 46.9 Å². The van der Waals surface area contributed by atoms with Gasteiger partial charge in [-0.05, 0) is 20.4 Å². The number of nitrogens with zero attached hydrogens (tertiary/aromatic N) is 1. The Kier molecular flexibility index (Phi) is 10.1. The van der Waals surface area contributed by atoms with E-state index in [1.54, 1.807) is 7.11 Å². The number of nitrogens with one attached hydrogen (secondary N) is 2. The van der Waals surface area contributed by atoms with Crippen LogP contribution in [-0.4, -0.2) is 63.8 Å². The maximum absolute atomic E-state index is 11.4. The lowest BCUT2D eigenvalue weighted by Crippen LogP contribution is -2.40. The smallest absolute Gasteiger partial charge is 0.234 e. The van der Waals surface area contributed by atoms with Crippen LogP contribution in [0.15, 0.2) is 0 Å². The Labute approximate surface area is 105 Å². The van der Waals surface area contributed by atoms with Crippen LogP contribution in [0.5, 0.6) is 0 Å². The molecule has 2 N–H and O–H groups in total. The summed E-state index contributed by atoms with van der Waals surface area (Å²) in [6, 6.07) is 0.258. The number of rotatable bonds is 10. The van der Waals surface area contributed by atoms with Crippen molar-refractivity contribution in [3.8, 4) is 0 Å². The first-order valence-electron chi connectivity index (χ1n) is 6.27. The molecule has 1 unspecified atom stereocenters. The van der Waals surface area contributed by atoms with Gasteiger partial charge < -0.3 is 20.3 Å². The first kappa shape index (κ1) is 16.4. The Morgan fingerprint density at radius 1 is 1.41 bits per heavy atom. The van der Waals surface area contributed by atoms with Crippen LogP contribution in [0.3, 0.4) is 0 Å². The lowest BCUT2D eigenvalue weighted by atomic mass is 10.2. The summed E-state index contributed by atoms with van der Waals surface area (Å²) in [6.45, 7) is 7.85. The second-order valence-corrected chi connectivity index (χ2v) is 4.35. The third-order valence-corrected chi connectivity index (χ3v) is 2.65. The molecule has 5 nitrogen and oxygen atoms in total. The fraction of sp³-hybridized carbons (Fsp3) is 0.917. The van der Waals surface area contributed by atoms with E-state index in [0.717, 1.165) is 32.7 Å². The van der Waals surface area contributed by atoms with Crippen molar-refractivity contribution in [2.24, 2.45) is 0 Å². The van der Waals surface area contributed by atoms with Crippen molar-refractivity contribution >= 4 is 5.91 Å². The minimum absolute atomic E-state index is 0.0684. The molecule has 0 saturated heterocycles. The van der Waals surface area contributed by atoms with Gasteiger partial charge in [-0.25, -0.2) is 0 Å². The number of carbonyl (C=O) groups is 1. The number of amides is 1. The average molecular weight is 245 g/mol. The molecule has 0 fully saturated rings. The zero-order valence-electron chi connectivity index (χ0n) is 11.6. The van der Waals surface area contributed by atoms with Crippen LogP contribution in [0.25, 0.3) is 0 Å². The second-order valence-electron chi connectivity index (χ2n) is 4.35. The van der Waals surface area contributed by atoms with E-state index >= 15 is 0 Å². The zero-order chi connectivity index (χ0) is 13.1. The average Bonchev–Trinajstić information content (AvgIpc) is 2.31. The Morgan fingerprint density at radius 2 is 2.12 bits per heavy atom. The summed E-state index contributed by atoms with van der Waals surface area (Å²) in [7, 11) is 3.74. The molecular formula is C12H27N3O2. The van der Waals surface area contributed by atoms with Gasteiger partial charge >= 0.3 is 0 Å². The summed E-state index contributed by atoms with van der Waals surface area (Å²) in [5, 5.41) is 6.04. The topological polar surface area (TPSA) is 53.6 Å². The number of hydrogen-bond donors (Lipinski definition) is 2. The van der Waals surface area contributed by atoms with Crippen molar-refractivity contribution in [3.05, 3.63) is 0 Å². The van der Waals surface area contributed by atoms with Gasteiger partial charge in [0, 0.05) is 32.8 Å². The maximum atomic E-state index is 11.4. The van der Waals surface area contributed by atoms with Crippen LogP contribution in [0.2, 0.25) is 0 Å². The highest BCUT2D eigenvalue weighted by molar-refractivity contribution is 5.78. The van der Waals surface area contributed by atoms with Gasteiger partial charge in [-0.1, -0.05) is 6.92 Å². The minimum Gasteiger partial charge on any atom is -0.383 e.